The summed E-state index contributed by atoms with van der Waals surface area (Å²) in [6.07, 6.45) is 7.64. The zero-order valence-electron chi connectivity index (χ0n) is 15.7. The van der Waals surface area contributed by atoms with E-state index in [0.717, 1.165) is 24.1 Å². The molecule has 0 unspecified atom stereocenters. The first-order valence-corrected chi connectivity index (χ1v) is 10.1. The SMILES string of the molecule is CCCOc1cc(Cl)ccc1-c1ccc(C(=O)O)c(CCC2CCCC2)n1. The summed E-state index contributed by atoms with van der Waals surface area (Å²) in [5.41, 5.74) is 2.51. The number of carboxylic acid groups (broad SMARTS) is 1. The molecule has 0 saturated heterocycles. The molecule has 1 N–H and O–H groups in total. The number of hydrogen-bond acceptors (Lipinski definition) is 3. The third-order valence-electron chi connectivity index (χ3n) is 5.15. The van der Waals surface area contributed by atoms with Crippen molar-refractivity contribution in [1.29, 1.82) is 0 Å². The van der Waals surface area contributed by atoms with Crippen LogP contribution in [0.15, 0.2) is 30.3 Å². The number of aromatic carboxylic acids is 1. The molecule has 144 valence electrons. The molecule has 1 aromatic heterocycles. The van der Waals surface area contributed by atoms with Gasteiger partial charge in [-0.25, -0.2) is 4.79 Å². The topological polar surface area (TPSA) is 59.4 Å². The van der Waals surface area contributed by atoms with Gasteiger partial charge < -0.3 is 9.84 Å². The monoisotopic (exact) mass is 387 g/mol. The number of carbonyl (C=O) groups is 1. The molecule has 27 heavy (non-hydrogen) atoms. The number of pyridine rings is 1. The Bertz CT molecular complexity index is 800. The number of nitrogens with zero attached hydrogens (tertiary/aromatic N) is 1. The highest BCUT2D eigenvalue weighted by Crippen LogP contribution is 2.33. The Labute approximate surface area is 165 Å². The maximum absolute atomic E-state index is 11.6. The minimum atomic E-state index is -0.922. The van der Waals surface area contributed by atoms with Crippen LogP contribution in [0.5, 0.6) is 5.75 Å². The van der Waals surface area contributed by atoms with E-state index in [2.05, 4.69) is 0 Å². The van der Waals surface area contributed by atoms with Crippen molar-refractivity contribution < 1.29 is 14.6 Å². The highest BCUT2D eigenvalue weighted by molar-refractivity contribution is 6.30. The van der Waals surface area contributed by atoms with E-state index in [1.807, 2.05) is 13.0 Å². The standard InChI is InChI=1S/C22H26ClNO3/c1-2-13-27-21-14-16(23)8-9-17(21)19-12-10-18(22(25)26)20(24-19)11-7-15-5-3-4-6-15/h8-10,12,14-15H,2-7,11,13H2,1H3,(H,25,26). The molecule has 1 aromatic carbocycles. The number of halogens is 1. The second-order valence-electron chi connectivity index (χ2n) is 7.17. The summed E-state index contributed by atoms with van der Waals surface area (Å²) >= 11 is 6.13. The van der Waals surface area contributed by atoms with Gasteiger partial charge in [0.05, 0.1) is 23.6 Å². The van der Waals surface area contributed by atoms with Gasteiger partial charge in [0.25, 0.3) is 0 Å². The van der Waals surface area contributed by atoms with Crippen molar-refractivity contribution in [2.24, 2.45) is 5.92 Å². The van der Waals surface area contributed by atoms with E-state index in [1.165, 1.54) is 25.7 Å². The van der Waals surface area contributed by atoms with Crippen molar-refractivity contribution in [3.05, 3.63) is 46.6 Å². The Hall–Kier alpha value is -2.07. The van der Waals surface area contributed by atoms with E-state index in [-0.39, 0.29) is 0 Å². The summed E-state index contributed by atoms with van der Waals surface area (Å²) in [6, 6.07) is 8.90. The molecule has 1 aliphatic rings. The number of aryl methyl sites for hydroxylation is 1. The number of ether oxygens (including phenoxy) is 1. The minimum absolute atomic E-state index is 0.293. The lowest BCUT2D eigenvalue weighted by Gasteiger charge is -2.14. The molecule has 0 atom stereocenters. The predicted molar refractivity (Wildman–Crippen MR) is 108 cm³/mol. The molecule has 5 heteroatoms. The summed E-state index contributed by atoms with van der Waals surface area (Å²) in [5.74, 6) is 0.451. The average molecular weight is 388 g/mol. The van der Waals surface area contributed by atoms with E-state index in [4.69, 9.17) is 21.3 Å². The van der Waals surface area contributed by atoms with E-state index in [9.17, 15) is 9.90 Å². The third kappa shape index (κ3) is 5.01. The van der Waals surface area contributed by atoms with Crippen LogP contribution in [0.25, 0.3) is 11.3 Å². The average Bonchev–Trinajstić information content (AvgIpc) is 3.18. The molecule has 0 aliphatic heterocycles. The lowest BCUT2D eigenvalue weighted by molar-refractivity contribution is 0.0695. The van der Waals surface area contributed by atoms with Crippen molar-refractivity contribution in [3.8, 4) is 17.0 Å². The number of carboxylic acids is 1. The molecule has 3 rings (SSSR count). The molecule has 4 nitrogen and oxygen atoms in total. The van der Waals surface area contributed by atoms with Crippen LogP contribution in [0.2, 0.25) is 5.02 Å². The van der Waals surface area contributed by atoms with Crippen molar-refractivity contribution in [3.63, 3.8) is 0 Å². The summed E-state index contributed by atoms with van der Waals surface area (Å²) < 4.78 is 5.84. The smallest absolute Gasteiger partial charge is 0.337 e. The second kappa shape index (κ2) is 9.23. The van der Waals surface area contributed by atoms with Crippen molar-refractivity contribution in [2.75, 3.05) is 6.61 Å². The fourth-order valence-corrected chi connectivity index (χ4v) is 3.88. The molecule has 1 aliphatic carbocycles. The second-order valence-corrected chi connectivity index (χ2v) is 7.61. The Morgan fingerprint density at radius 3 is 2.74 bits per heavy atom. The summed E-state index contributed by atoms with van der Waals surface area (Å²) in [5, 5.41) is 10.1. The molecule has 0 amide bonds. The zero-order chi connectivity index (χ0) is 19.2. The number of aromatic nitrogens is 1. The van der Waals surface area contributed by atoms with Crippen LogP contribution in [0.4, 0.5) is 0 Å². The van der Waals surface area contributed by atoms with E-state index in [0.29, 0.717) is 41.0 Å². The number of benzene rings is 1. The molecule has 2 aromatic rings. The van der Waals surface area contributed by atoms with Crippen LogP contribution < -0.4 is 4.74 Å². The Morgan fingerprint density at radius 2 is 2.04 bits per heavy atom. The summed E-state index contributed by atoms with van der Waals surface area (Å²) in [7, 11) is 0. The van der Waals surface area contributed by atoms with Crippen molar-refractivity contribution in [2.45, 2.75) is 51.9 Å². The van der Waals surface area contributed by atoms with Crippen molar-refractivity contribution in [1.82, 2.24) is 4.98 Å². The number of rotatable bonds is 8. The van der Waals surface area contributed by atoms with Crippen LogP contribution in [0, 0.1) is 5.92 Å². The largest absolute Gasteiger partial charge is 0.493 e. The fraction of sp³-hybridized carbons (Fsp3) is 0.455. The molecule has 1 heterocycles. The van der Waals surface area contributed by atoms with E-state index in [1.54, 1.807) is 24.3 Å². The van der Waals surface area contributed by atoms with Gasteiger partial charge in [0.15, 0.2) is 0 Å². The Balaban J connectivity index is 1.91. The first kappa shape index (κ1) is 19.7. The maximum atomic E-state index is 11.6. The normalized spacial score (nSPS) is 14.4. The van der Waals surface area contributed by atoms with Gasteiger partial charge in [0, 0.05) is 10.6 Å². The van der Waals surface area contributed by atoms with Gasteiger partial charge in [-0.2, -0.15) is 0 Å². The molecule has 1 fully saturated rings. The Kier molecular flexibility index (Phi) is 6.73. The molecule has 1 saturated carbocycles. The summed E-state index contributed by atoms with van der Waals surface area (Å²) in [4.78, 5) is 16.4. The minimum Gasteiger partial charge on any atom is -0.493 e. The lowest BCUT2D eigenvalue weighted by Crippen LogP contribution is -2.08. The van der Waals surface area contributed by atoms with E-state index < -0.39 is 5.97 Å². The molecule has 0 spiro atoms. The van der Waals surface area contributed by atoms with Crippen LogP contribution in [-0.2, 0) is 6.42 Å². The Morgan fingerprint density at radius 1 is 1.26 bits per heavy atom. The van der Waals surface area contributed by atoms with Crippen LogP contribution >= 0.6 is 11.6 Å². The molecule has 0 bridgehead atoms. The van der Waals surface area contributed by atoms with Gasteiger partial charge in [0.1, 0.15) is 5.75 Å². The fourth-order valence-electron chi connectivity index (χ4n) is 3.72. The van der Waals surface area contributed by atoms with Crippen molar-refractivity contribution >= 4 is 17.6 Å². The van der Waals surface area contributed by atoms with Crippen LogP contribution in [0.1, 0.15) is 61.5 Å². The van der Waals surface area contributed by atoms with Gasteiger partial charge in [-0.1, -0.05) is 44.2 Å². The quantitative estimate of drug-likeness (QED) is 0.602. The first-order chi connectivity index (χ1) is 13.1. The van der Waals surface area contributed by atoms with Gasteiger partial charge in [-0.15, -0.1) is 0 Å². The van der Waals surface area contributed by atoms with Gasteiger partial charge in [-0.05, 0) is 55.5 Å². The highest BCUT2D eigenvalue weighted by Gasteiger charge is 2.19. The molecule has 0 radical (unpaired) electrons. The first-order valence-electron chi connectivity index (χ1n) is 9.74. The zero-order valence-corrected chi connectivity index (χ0v) is 16.5. The van der Waals surface area contributed by atoms with Crippen LogP contribution in [0.3, 0.4) is 0 Å². The molecular weight excluding hydrogens is 362 g/mol. The van der Waals surface area contributed by atoms with Gasteiger partial charge in [-0.3, -0.25) is 4.98 Å². The summed E-state index contributed by atoms with van der Waals surface area (Å²) in [6.45, 7) is 2.64. The number of hydrogen-bond donors (Lipinski definition) is 1. The molecular formula is C22H26ClNO3. The van der Waals surface area contributed by atoms with Gasteiger partial charge >= 0.3 is 5.97 Å². The third-order valence-corrected chi connectivity index (χ3v) is 5.39. The lowest BCUT2D eigenvalue weighted by atomic mass is 9.98. The van der Waals surface area contributed by atoms with Gasteiger partial charge in [0.2, 0.25) is 0 Å². The maximum Gasteiger partial charge on any atom is 0.337 e. The van der Waals surface area contributed by atoms with E-state index >= 15 is 0 Å². The predicted octanol–water partition coefficient (Wildman–Crippen LogP) is 6.01. The van der Waals surface area contributed by atoms with Crippen LogP contribution in [-0.4, -0.2) is 22.7 Å². The highest BCUT2D eigenvalue weighted by atomic mass is 35.5.